The van der Waals surface area contributed by atoms with Crippen molar-refractivity contribution in [2.75, 3.05) is 25.3 Å². The third kappa shape index (κ3) is 5.34. The number of aromatic carboxylic acids is 1. The number of fused-ring (bicyclic) bond motifs is 1. The lowest BCUT2D eigenvalue weighted by Gasteiger charge is -2.11. The monoisotopic (exact) mass is 501 g/mol. The number of ketones is 1. The summed E-state index contributed by atoms with van der Waals surface area (Å²) in [6, 6.07) is 22.2. The van der Waals surface area contributed by atoms with Crippen molar-refractivity contribution < 1.29 is 29.0 Å². The number of hydrogen-bond acceptors (Lipinski definition) is 6. The van der Waals surface area contributed by atoms with E-state index in [2.05, 4.69) is 5.32 Å². The number of rotatable bonds is 9. The van der Waals surface area contributed by atoms with E-state index in [9.17, 15) is 19.5 Å². The Morgan fingerprint density at radius 1 is 0.833 bits per heavy atom. The van der Waals surface area contributed by atoms with Crippen molar-refractivity contribution in [2.45, 2.75) is 4.90 Å². The zero-order valence-corrected chi connectivity index (χ0v) is 20.4. The minimum atomic E-state index is -1.09. The predicted molar refractivity (Wildman–Crippen MR) is 140 cm³/mol. The Kier molecular flexibility index (Phi) is 7.56. The first-order chi connectivity index (χ1) is 17.4. The van der Waals surface area contributed by atoms with Gasteiger partial charge < -0.3 is 19.9 Å². The Morgan fingerprint density at radius 3 is 2.14 bits per heavy atom. The van der Waals surface area contributed by atoms with E-state index in [0.717, 1.165) is 4.90 Å². The highest BCUT2D eigenvalue weighted by molar-refractivity contribution is 8.00. The molecule has 0 bridgehead atoms. The molecule has 0 atom stereocenters. The summed E-state index contributed by atoms with van der Waals surface area (Å²) in [4.78, 5) is 38.1. The van der Waals surface area contributed by atoms with Crippen LogP contribution in [0.3, 0.4) is 0 Å². The van der Waals surface area contributed by atoms with Crippen LogP contribution in [0.1, 0.15) is 31.1 Å². The molecule has 0 unspecified atom stereocenters. The van der Waals surface area contributed by atoms with Crippen molar-refractivity contribution in [3.05, 3.63) is 95.6 Å². The van der Waals surface area contributed by atoms with Crippen LogP contribution in [0.2, 0.25) is 0 Å². The van der Waals surface area contributed by atoms with Crippen molar-refractivity contribution >= 4 is 45.9 Å². The van der Waals surface area contributed by atoms with Crippen molar-refractivity contribution in [2.24, 2.45) is 0 Å². The smallest absolute Gasteiger partial charge is 0.336 e. The second kappa shape index (κ2) is 11.0. The normalized spacial score (nSPS) is 10.6. The molecule has 0 aromatic heterocycles. The third-order valence-corrected chi connectivity index (χ3v) is 6.58. The number of carboxylic acids is 1. The number of methoxy groups -OCH3 is 2. The maximum absolute atomic E-state index is 13.0. The molecule has 0 fully saturated rings. The van der Waals surface area contributed by atoms with Gasteiger partial charge in [0, 0.05) is 27.1 Å². The number of benzene rings is 4. The highest BCUT2D eigenvalue weighted by Crippen LogP contribution is 2.29. The summed E-state index contributed by atoms with van der Waals surface area (Å²) in [7, 11) is 3.06. The molecule has 0 aliphatic heterocycles. The zero-order valence-electron chi connectivity index (χ0n) is 19.6. The molecule has 0 aliphatic rings. The fourth-order valence-electron chi connectivity index (χ4n) is 3.78. The van der Waals surface area contributed by atoms with Crippen LogP contribution < -0.4 is 14.8 Å². The van der Waals surface area contributed by atoms with E-state index in [1.54, 1.807) is 60.7 Å². The van der Waals surface area contributed by atoms with Crippen molar-refractivity contribution in [1.82, 2.24) is 0 Å². The Labute approximate surface area is 212 Å². The third-order valence-electron chi connectivity index (χ3n) is 5.57. The van der Waals surface area contributed by atoms with Gasteiger partial charge in [0.2, 0.25) is 0 Å². The van der Waals surface area contributed by atoms with E-state index in [0.29, 0.717) is 33.5 Å². The molecule has 0 spiro atoms. The molecular formula is C28H23NO6S. The lowest BCUT2D eigenvalue weighted by Crippen LogP contribution is -2.13. The average molecular weight is 502 g/mol. The first-order valence-corrected chi connectivity index (χ1v) is 11.9. The standard InChI is InChI=1S/C28H23NO6S/c1-34-24-14-9-18(15-25(24)35-2)23(30)16-36-20-12-10-19(11-13-20)29-27(31)21-7-3-5-17-6-4-8-22(26(17)21)28(32)33/h3-15H,16H2,1-2H3,(H,29,31)(H,32,33). The second-order valence-corrected chi connectivity index (χ2v) is 8.82. The van der Waals surface area contributed by atoms with E-state index >= 15 is 0 Å². The molecule has 2 N–H and O–H groups in total. The fourth-order valence-corrected chi connectivity index (χ4v) is 4.58. The van der Waals surface area contributed by atoms with Gasteiger partial charge in [-0.3, -0.25) is 9.59 Å². The summed E-state index contributed by atoms with van der Waals surface area (Å²) < 4.78 is 10.5. The highest BCUT2D eigenvalue weighted by Gasteiger charge is 2.17. The van der Waals surface area contributed by atoms with Gasteiger partial charge in [-0.25, -0.2) is 4.79 Å². The molecule has 4 aromatic carbocycles. The van der Waals surface area contributed by atoms with E-state index in [1.165, 1.54) is 32.0 Å². The number of carbonyl (C=O) groups excluding carboxylic acids is 2. The van der Waals surface area contributed by atoms with Crippen LogP contribution in [-0.2, 0) is 0 Å². The molecule has 1 amide bonds. The van der Waals surface area contributed by atoms with Gasteiger partial charge in [-0.2, -0.15) is 0 Å². The summed E-state index contributed by atoms with van der Waals surface area (Å²) in [5.74, 6) is -0.265. The van der Waals surface area contributed by atoms with Crippen LogP contribution >= 0.6 is 11.8 Å². The Hall–Kier alpha value is -4.30. The molecule has 8 heteroatoms. The van der Waals surface area contributed by atoms with Crippen LogP contribution in [0, 0.1) is 0 Å². The first kappa shape index (κ1) is 24.8. The number of carboxylic acid groups (broad SMARTS) is 1. The number of carbonyl (C=O) groups is 3. The van der Waals surface area contributed by atoms with E-state index in [4.69, 9.17) is 9.47 Å². The number of amides is 1. The topological polar surface area (TPSA) is 102 Å². The SMILES string of the molecule is COc1ccc(C(=O)CSc2ccc(NC(=O)c3cccc4cccc(C(=O)O)c34)cc2)cc1OC. The zero-order chi connectivity index (χ0) is 25.7. The summed E-state index contributed by atoms with van der Waals surface area (Å²) in [5.41, 5.74) is 1.44. The van der Waals surface area contributed by atoms with Gasteiger partial charge in [0.15, 0.2) is 17.3 Å². The molecule has 0 saturated heterocycles. The summed E-state index contributed by atoms with van der Waals surface area (Å²) >= 11 is 1.38. The van der Waals surface area contributed by atoms with Crippen LogP contribution in [0.5, 0.6) is 11.5 Å². The maximum atomic E-state index is 13.0. The minimum Gasteiger partial charge on any atom is -0.493 e. The van der Waals surface area contributed by atoms with Crippen LogP contribution in [0.25, 0.3) is 10.8 Å². The van der Waals surface area contributed by atoms with Crippen molar-refractivity contribution in [3.63, 3.8) is 0 Å². The lowest BCUT2D eigenvalue weighted by atomic mass is 9.98. The number of hydrogen-bond donors (Lipinski definition) is 2. The van der Waals surface area contributed by atoms with E-state index < -0.39 is 11.9 Å². The number of Topliss-reactive ketones (excluding diaryl/α,β-unsaturated/α-hetero) is 1. The lowest BCUT2D eigenvalue weighted by molar-refractivity contribution is 0.0698. The molecule has 0 radical (unpaired) electrons. The van der Waals surface area contributed by atoms with E-state index in [1.807, 2.05) is 12.1 Å². The molecule has 4 rings (SSSR count). The van der Waals surface area contributed by atoms with Crippen LogP contribution in [0.4, 0.5) is 5.69 Å². The fraction of sp³-hybridized carbons (Fsp3) is 0.107. The molecular weight excluding hydrogens is 478 g/mol. The number of ether oxygens (including phenoxy) is 2. The molecule has 0 heterocycles. The first-order valence-electron chi connectivity index (χ1n) is 11.0. The second-order valence-electron chi connectivity index (χ2n) is 7.77. The minimum absolute atomic E-state index is 0.0523. The van der Waals surface area contributed by atoms with Crippen molar-refractivity contribution in [3.8, 4) is 11.5 Å². The summed E-state index contributed by atoms with van der Waals surface area (Å²) in [6.45, 7) is 0. The quantitative estimate of drug-likeness (QED) is 0.221. The largest absolute Gasteiger partial charge is 0.493 e. The molecule has 0 saturated carbocycles. The molecule has 0 aliphatic carbocycles. The number of thioether (sulfide) groups is 1. The Bertz CT molecular complexity index is 1440. The van der Waals surface area contributed by atoms with Gasteiger partial charge in [0.25, 0.3) is 5.91 Å². The van der Waals surface area contributed by atoms with Crippen LogP contribution in [-0.4, -0.2) is 42.7 Å². The Morgan fingerprint density at radius 2 is 1.50 bits per heavy atom. The highest BCUT2D eigenvalue weighted by atomic mass is 32.2. The van der Waals surface area contributed by atoms with Crippen molar-refractivity contribution in [1.29, 1.82) is 0 Å². The predicted octanol–water partition coefficient (Wildman–Crippen LogP) is 5.78. The molecule has 4 aromatic rings. The van der Waals surface area contributed by atoms with Crippen LogP contribution in [0.15, 0.2) is 83.8 Å². The molecule has 7 nitrogen and oxygen atoms in total. The molecule has 36 heavy (non-hydrogen) atoms. The van der Waals surface area contributed by atoms with E-state index in [-0.39, 0.29) is 22.7 Å². The maximum Gasteiger partial charge on any atom is 0.336 e. The average Bonchev–Trinajstić information content (AvgIpc) is 2.91. The number of anilines is 1. The van der Waals surface area contributed by atoms with Gasteiger partial charge in [0.05, 0.1) is 25.5 Å². The van der Waals surface area contributed by atoms with Gasteiger partial charge in [-0.15, -0.1) is 11.8 Å². The van der Waals surface area contributed by atoms with Gasteiger partial charge in [-0.1, -0.05) is 24.3 Å². The van der Waals surface area contributed by atoms with Gasteiger partial charge in [0.1, 0.15) is 0 Å². The van der Waals surface area contributed by atoms with Gasteiger partial charge in [-0.05, 0) is 60.0 Å². The number of nitrogens with one attached hydrogen (secondary N) is 1. The van der Waals surface area contributed by atoms with Gasteiger partial charge >= 0.3 is 5.97 Å². The Balaban J connectivity index is 1.43. The summed E-state index contributed by atoms with van der Waals surface area (Å²) in [5, 5.41) is 13.4. The summed E-state index contributed by atoms with van der Waals surface area (Å²) in [6.07, 6.45) is 0. The molecule has 182 valence electrons.